The van der Waals surface area contributed by atoms with Crippen molar-refractivity contribution in [2.75, 3.05) is 6.26 Å². The molecule has 1 nitrogen and oxygen atoms in total. The molecule has 0 atom stereocenters. The maximum atomic E-state index is 9.26. The number of aliphatic hydroxyl groups excluding tert-OH is 1. The maximum Gasteiger partial charge on any atom is 0.0693 e. The molecule has 0 bridgehead atoms. The van der Waals surface area contributed by atoms with Gasteiger partial charge >= 0.3 is 0 Å². The summed E-state index contributed by atoms with van der Waals surface area (Å²) in [6.07, 6.45) is 2.06. The van der Waals surface area contributed by atoms with Crippen LogP contribution in [0.25, 0.3) is 10.1 Å². The van der Waals surface area contributed by atoms with Crippen molar-refractivity contribution < 1.29 is 5.11 Å². The lowest BCUT2D eigenvalue weighted by Gasteiger charge is -2.09. The summed E-state index contributed by atoms with van der Waals surface area (Å²) in [5, 5.41) is 12.7. The number of thiophene rings is 1. The summed E-state index contributed by atoms with van der Waals surface area (Å²) in [5.41, 5.74) is 2.34. The van der Waals surface area contributed by atoms with Gasteiger partial charge in [-0.2, -0.15) is 0 Å². The molecule has 0 amide bonds. The van der Waals surface area contributed by atoms with Gasteiger partial charge in [-0.15, -0.1) is 23.1 Å². The van der Waals surface area contributed by atoms with E-state index >= 15 is 0 Å². The van der Waals surface area contributed by atoms with Crippen LogP contribution in [-0.2, 0) is 6.61 Å². The second-order valence-corrected chi connectivity index (χ2v) is 4.95. The van der Waals surface area contributed by atoms with Crippen molar-refractivity contribution in [1.82, 2.24) is 0 Å². The molecular weight excluding hydrogens is 212 g/mol. The van der Waals surface area contributed by atoms with Crippen molar-refractivity contribution in [2.45, 2.75) is 18.4 Å². The minimum absolute atomic E-state index is 0.130. The number of aliphatic hydroxyl groups is 1. The maximum absolute atomic E-state index is 9.26. The third-order valence-corrected chi connectivity index (χ3v) is 4.25. The van der Waals surface area contributed by atoms with E-state index in [9.17, 15) is 5.11 Å². The van der Waals surface area contributed by atoms with Crippen LogP contribution < -0.4 is 0 Å². The van der Waals surface area contributed by atoms with Crippen LogP contribution in [0, 0.1) is 6.92 Å². The molecule has 2 aromatic rings. The quantitative estimate of drug-likeness (QED) is 0.789. The van der Waals surface area contributed by atoms with E-state index in [0.717, 1.165) is 5.56 Å². The number of thioether (sulfide) groups is 1. The Morgan fingerprint density at radius 1 is 1.50 bits per heavy atom. The Morgan fingerprint density at radius 2 is 2.29 bits per heavy atom. The highest BCUT2D eigenvalue weighted by molar-refractivity contribution is 7.98. The number of hydrogen-bond acceptors (Lipinski definition) is 3. The van der Waals surface area contributed by atoms with Gasteiger partial charge in [-0.25, -0.2) is 0 Å². The lowest BCUT2D eigenvalue weighted by atomic mass is 10.1. The number of hydrogen-bond donors (Lipinski definition) is 1. The van der Waals surface area contributed by atoms with Crippen LogP contribution in [0.3, 0.4) is 0 Å². The van der Waals surface area contributed by atoms with Gasteiger partial charge in [0.15, 0.2) is 0 Å². The highest BCUT2D eigenvalue weighted by Gasteiger charge is 2.09. The van der Waals surface area contributed by atoms with Crippen LogP contribution in [0.5, 0.6) is 0 Å². The predicted molar refractivity (Wildman–Crippen MR) is 64.3 cm³/mol. The molecule has 0 spiro atoms. The van der Waals surface area contributed by atoms with E-state index in [1.54, 1.807) is 23.1 Å². The topological polar surface area (TPSA) is 20.2 Å². The van der Waals surface area contributed by atoms with Gasteiger partial charge in [0.25, 0.3) is 0 Å². The average molecular weight is 224 g/mol. The van der Waals surface area contributed by atoms with E-state index in [1.807, 2.05) is 0 Å². The van der Waals surface area contributed by atoms with Crippen LogP contribution in [-0.4, -0.2) is 11.4 Å². The first-order chi connectivity index (χ1) is 6.77. The average Bonchev–Trinajstić information content (AvgIpc) is 2.65. The Balaban J connectivity index is 2.79. The summed E-state index contributed by atoms with van der Waals surface area (Å²) >= 11 is 3.44. The van der Waals surface area contributed by atoms with E-state index in [2.05, 4.69) is 30.7 Å². The summed E-state index contributed by atoms with van der Waals surface area (Å²) in [4.78, 5) is 1.22. The van der Waals surface area contributed by atoms with E-state index in [0.29, 0.717) is 0 Å². The highest BCUT2D eigenvalue weighted by Crippen LogP contribution is 2.34. The molecule has 1 aromatic heterocycles. The largest absolute Gasteiger partial charge is 0.392 e. The first-order valence-electron chi connectivity index (χ1n) is 4.42. The summed E-state index contributed by atoms with van der Waals surface area (Å²) in [6.45, 7) is 2.25. The lowest BCUT2D eigenvalue weighted by molar-refractivity contribution is 0.279. The molecule has 14 heavy (non-hydrogen) atoms. The van der Waals surface area contributed by atoms with Crippen LogP contribution in [0.15, 0.2) is 22.4 Å². The fraction of sp³-hybridized carbons (Fsp3) is 0.273. The zero-order valence-corrected chi connectivity index (χ0v) is 9.84. The summed E-state index contributed by atoms with van der Waals surface area (Å²) in [7, 11) is 0. The molecule has 0 aliphatic heterocycles. The molecule has 0 unspecified atom stereocenters. The van der Waals surface area contributed by atoms with Crippen molar-refractivity contribution in [1.29, 1.82) is 0 Å². The molecule has 2 rings (SSSR count). The van der Waals surface area contributed by atoms with E-state index in [-0.39, 0.29) is 6.61 Å². The molecule has 0 saturated heterocycles. The third kappa shape index (κ3) is 1.45. The Labute approximate surface area is 91.8 Å². The van der Waals surface area contributed by atoms with Crippen molar-refractivity contribution >= 4 is 33.2 Å². The standard InChI is InChI=1S/C11H12OS2/c1-7-9-3-4-14-10(9)5-8(6-12)11(7)13-2/h3-5,12H,6H2,1-2H3. The number of benzene rings is 1. The normalized spacial score (nSPS) is 11.1. The molecular formula is C11H12OS2. The van der Waals surface area contributed by atoms with Crippen molar-refractivity contribution in [2.24, 2.45) is 0 Å². The Kier molecular flexibility index (Phi) is 2.81. The van der Waals surface area contributed by atoms with E-state index in [1.165, 1.54) is 20.5 Å². The molecule has 74 valence electrons. The van der Waals surface area contributed by atoms with Crippen LogP contribution in [0.2, 0.25) is 0 Å². The SMILES string of the molecule is CSc1c(CO)cc2sccc2c1C. The Morgan fingerprint density at radius 3 is 2.93 bits per heavy atom. The van der Waals surface area contributed by atoms with Gasteiger partial charge < -0.3 is 5.11 Å². The Hall–Kier alpha value is -0.510. The summed E-state index contributed by atoms with van der Waals surface area (Å²) in [6, 6.07) is 4.25. The third-order valence-electron chi connectivity index (χ3n) is 2.41. The molecule has 0 aliphatic carbocycles. The zero-order chi connectivity index (χ0) is 10.1. The van der Waals surface area contributed by atoms with Crippen LogP contribution >= 0.6 is 23.1 Å². The monoisotopic (exact) mass is 224 g/mol. The van der Waals surface area contributed by atoms with Gasteiger partial charge in [-0.1, -0.05) is 0 Å². The number of fused-ring (bicyclic) bond motifs is 1. The highest BCUT2D eigenvalue weighted by atomic mass is 32.2. The minimum atomic E-state index is 0.130. The van der Waals surface area contributed by atoms with Gasteiger partial charge in [-0.05, 0) is 47.2 Å². The second-order valence-electron chi connectivity index (χ2n) is 3.18. The van der Waals surface area contributed by atoms with Crippen molar-refractivity contribution in [3.05, 3.63) is 28.6 Å². The molecule has 0 aliphatic rings. The van der Waals surface area contributed by atoms with Crippen molar-refractivity contribution in [3.8, 4) is 0 Å². The molecule has 1 N–H and O–H groups in total. The number of aryl methyl sites for hydroxylation is 1. The lowest BCUT2D eigenvalue weighted by Crippen LogP contribution is -1.90. The first kappa shape index (κ1) is 10.0. The van der Waals surface area contributed by atoms with E-state index < -0.39 is 0 Å². The number of rotatable bonds is 2. The first-order valence-corrected chi connectivity index (χ1v) is 6.53. The van der Waals surface area contributed by atoms with Gasteiger partial charge in [0, 0.05) is 9.60 Å². The molecule has 0 radical (unpaired) electrons. The molecule has 3 heteroatoms. The molecule has 1 aromatic carbocycles. The predicted octanol–water partition coefficient (Wildman–Crippen LogP) is 3.42. The molecule has 0 fully saturated rings. The van der Waals surface area contributed by atoms with Gasteiger partial charge in [0.05, 0.1) is 6.61 Å². The Bertz CT molecular complexity index is 460. The summed E-state index contributed by atoms with van der Waals surface area (Å²) in [5.74, 6) is 0. The smallest absolute Gasteiger partial charge is 0.0693 e. The molecule has 0 saturated carbocycles. The fourth-order valence-electron chi connectivity index (χ4n) is 1.73. The molecule has 1 heterocycles. The van der Waals surface area contributed by atoms with Crippen molar-refractivity contribution in [3.63, 3.8) is 0 Å². The van der Waals surface area contributed by atoms with Gasteiger partial charge in [-0.3, -0.25) is 0 Å². The van der Waals surface area contributed by atoms with E-state index in [4.69, 9.17) is 0 Å². The second kappa shape index (κ2) is 3.93. The minimum Gasteiger partial charge on any atom is -0.392 e. The summed E-state index contributed by atoms with van der Waals surface area (Å²) < 4.78 is 1.27. The van der Waals surface area contributed by atoms with Crippen LogP contribution in [0.4, 0.5) is 0 Å². The van der Waals surface area contributed by atoms with Gasteiger partial charge in [0.2, 0.25) is 0 Å². The fourth-order valence-corrected chi connectivity index (χ4v) is 3.44. The zero-order valence-electron chi connectivity index (χ0n) is 8.20. The van der Waals surface area contributed by atoms with Crippen LogP contribution in [0.1, 0.15) is 11.1 Å². The van der Waals surface area contributed by atoms with Gasteiger partial charge in [0.1, 0.15) is 0 Å².